The molecule has 0 amide bonds. The normalized spacial score (nSPS) is 24.3. The molecule has 23 heavy (non-hydrogen) atoms. The minimum absolute atomic E-state index is 0.0568. The Hall–Kier alpha value is -1.03. The van der Waals surface area contributed by atoms with Gasteiger partial charge in [0.05, 0.1) is 19.3 Å². The van der Waals surface area contributed by atoms with Gasteiger partial charge in [-0.2, -0.15) is 0 Å². The van der Waals surface area contributed by atoms with Gasteiger partial charge in [-0.3, -0.25) is 0 Å². The Morgan fingerprint density at radius 3 is 2.52 bits per heavy atom. The zero-order valence-corrected chi connectivity index (χ0v) is 14.8. The minimum Gasteiger partial charge on any atom is -0.377 e. The first kappa shape index (κ1) is 15.5. The largest absolute Gasteiger partial charge is 0.377 e. The fraction of sp³-hybridized carbons (Fsp3) is 0.579. The Kier molecular flexibility index (Phi) is 3.71. The van der Waals surface area contributed by atoms with Gasteiger partial charge in [0, 0.05) is 27.9 Å². The van der Waals surface area contributed by atoms with Gasteiger partial charge in [-0.1, -0.05) is 18.2 Å². The van der Waals surface area contributed by atoms with Crippen LogP contribution in [0.25, 0.3) is 0 Å². The first-order valence-electron chi connectivity index (χ1n) is 8.63. The van der Waals surface area contributed by atoms with E-state index in [1.54, 1.807) is 0 Å². The quantitative estimate of drug-likeness (QED) is 0.819. The van der Waals surface area contributed by atoms with Crippen molar-refractivity contribution >= 4 is 17.3 Å². The van der Waals surface area contributed by atoms with Gasteiger partial charge in [0.1, 0.15) is 0 Å². The molecule has 0 radical (unpaired) electrons. The second kappa shape index (κ2) is 5.51. The number of rotatable bonds is 2. The summed E-state index contributed by atoms with van der Waals surface area (Å²) in [5.74, 6) is 0. The lowest BCUT2D eigenvalue weighted by Gasteiger charge is -2.44. The van der Waals surface area contributed by atoms with E-state index in [2.05, 4.69) is 42.4 Å². The third-order valence-electron chi connectivity index (χ3n) is 5.94. The highest BCUT2D eigenvalue weighted by Gasteiger charge is 2.50. The molecule has 0 unspecified atom stereocenters. The molecule has 3 aliphatic heterocycles. The van der Waals surface area contributed by atoms with Crippen LogP contribution >= 0.6 is 11.6 Å². The number of hydrogen-bond acceptors (Lipinski definition) is 3. The molecule has 4 rings (SSSR count). The molecule has 0 saturated carbocycles. The van der Waals surface area contributed by atoms with Gasteiger partial charge in [0.2, 0.25) is 0 Å². The van der Waals surface area contributed by atoms with Crippen molar-refractivity contribution < 1.29 is 4.74 Å². The van der Waals surface area contributed by atoms with Crippen LogP contribution in [0.15, 0.2) is 30.5 Å². The highest BCUT2D eigenvalue weighted by atomic mass is 35.5. The number of nitrogens with zero attached hydrogens (tertiary/aromatic N) is 2. The maximum absolute atomic E-state index is 6.34. The van der Waals surface area contributed by atoms with E-state index in [9.17, 15) is 0 Å². The van der Waals surface area contributed by atoms with E-state index in [-0.39, 0.29) is 5.41 Å². The van der Waals surface area contributed by atoms with Crippen LogP contribution in [-0.4, -0.2) is 43.3 Å². The van der Waals surface area contributed by atoms with Crippen LogP contribution in [-0.2, 0) is 10.2 Å². The van der Waals surface area contributed by atoms with Crippen LogP contribution in [0.4, 0.5) is 5.69 Å². The summed E-state index contributed by atoms with van der Waals surface area (Å²) in [5.41, 5.74) is 3.99. The summed E-state index contributed by atoms with van der Waals surface area (Å²) >= 11 is 6.34. The summed E-state index contributed by atoms with van der Waals surface area (Å²) in [5, 5.41) is 0.828. The number of piperidine rings is 1. The highest BCUT2D eigenvalue weighted by Crippen LogP contribution is 2.54. The molecule has 124 valence electrons. The second-order valence-corrected chi connectivity index (χ2v) is 7.82. The summed E-state index contributed by atoms with van der Waals surface area (Å²) in [4.78, 5) is 5.00. The van der Waals surface area contributed by atoms with E-state index < -0.39 is 0 Å². The van der Waals surface area contributed by atoms with Crippen molar-refractivity contribution in [3.63, 3.8) is 0 Å². The first-order valence-corrected chi connectivity index (χ1v) is 9.01. The van der Waals surface area contributed by atoms with E-state index in [0.29, 0.717) is 12.1 Å². The molecule has 0 N–H and O–H groups in total. The predicted molar refractivity (Wildman–Crippen MR) is 95.3 cm³/mol. The molecule has 0 atom stereocenters. The minimum atomic E-state index is 0.0568. The molecule has 4 heteroatoms. The molecule has 1 aromatic rings. The molecule has 3 nitrogen and oxygen atoms in total. The Bertz CT molecular complexity index is 630. The summed E-state index contributed by atoms with van der Waals surface area (Å²) in [6.45, 7) is 12.9. The maximum Gasteiger partial charge on any atom is 0.0806 e. The first-order chi connectivity index (χ1) is 11.0. The lowest BCUT2D eigenvalue weighted by molar-refractivity contribution is 0.0101. The van der Waals surface area contributed by atoms with E-state index in [0.717, 1.165) is 44.2 Å². The fourth-order valence-corrected chi connectivity index (χ4v) is 4.57. The van der Waals surface area contributed by atoms with Crippen LogP contribution in [0.1, 0.15) is 32.3 Å². The smallest absolute Gasteiger partial charge is 0.0806 e. The number of anilines is 1. The average Bonchev–Trinajstić information content (AvgIpc) is 2.69. The summed E-state index contributed by atoms with van der Waals surface area (Å²) in [6, 6.07) is 7.39. The Morgan fingerprint density at radius 1 is 1.26 bits per heavy atom. The molecule has 3 aliphatic rings. The zero-order valence-electron chi connectivity index (χ0n) is 14.0. The molecule has 0 bridgehead atoms. The maximum atomic E-state index is 6.34. The summed E-state index contributed by atoms with van der Waals surface area (Å²) < 4.78 is 5.44. The highest BCUT2D eigenvalue weighted by molar-refractivity contribution is 6.30. The van der Waals surface area contributed by atoms with E-state index in [1.807, 2.05) is 6.07 Å². The number of benzene rings is 1. The lowest BCUT2D eigenvalue weighted by Crippen LogP contribution is -2.51. The molecule has 3 heterocycles. The molecule has 0 aliphatic carbocycles. The number of hydrogen-bond donors (Lipinski definition) is 0. The van der Waals surface area contributed by atoms with Crippen molar-refractivity contribution in [1.29, 1.82) is 0 Å². The molecule has 2 saturated heterocycles. The number of halogens is 1. The third kappa shape index (κ3) is 2.25. The van der Waals surface area contributed by atoms with Crippen molar-refractivity contribution in [3.8, 4) is 0 Å². The Balaban J connectivity index is 1.73. The number of allylic oxidation sites excluding steroid dienone is 1. The number of ether oxygens (including phenoxy) is 1. The van der Waals surface area contributed by atoms with E-state index in [1.165, 1.54) is 16.9 Å². The van der Waals surface area contributed by atoms with Crippen LogP contribution < -0.4 is 4.90 Å². The third-order valence-corrected chi connectivity index (χ3v) is 6.18. The van der Waals surface area contributed by atoms with Gasteiger partial charge in [-0.25, -0.2) is 0 Å². The van der Waals surface area contributed by atoms with Crippen LogP contribution in [0.3, 0.4) is 0 Å². The summed E-state index contributed by atoms with van der Waals surface area (Å²) in [7, 11) is 0. The van der Waals surface area contributed by atoms with Crippen molar-refractivity contribution in [2.45, 2.75) is 44.2 Å². The van der Waals surface area contributed by atoms with E-state index in [4.69, 9.17) is 16.3 Å². The summed E-state index contributed by atoms with van der Waals surface area (Å²) in [6.07, 6.45) is 2.25. The van der Waals surface area contributed by atoms with Crippen LogP contribution in [0.5, 0.6) is 0 Å². The standard InChI is InChI=1S/C19H25ClN2O/c1-13(2)21-8-6-19(7-9-21)14(3)22(16-11-23-12-16)18-5-4-15(20)10-17(18)19/h4-5,10,13,16H,3,6-9,11-12H2,1-2H3. The molecule has 2 fully saturated rings. The van der Waals surface area contributed by atoms with Crippen molar-refractivity contribution in [3.05, 3.63) is 41.1 Å². The molecule has 0 aromatic heterocycles. The van der Waals surface area contributed by atoms with Gasteiger partial charge in [0.25, 0.3) is 0 Å². The second-order valence-electron chi connectivity index (χ2n) is 7.38. The number of likely N-dealkylation sites (tertiary alicyclic amines) is 1. The van der Waals surface area contributed by atoms with Crippen LogP contribution in [0, 0.1) is 0 Å². The molecular formula is C19H25ClN2O. The van der Waals surface area contributed by atoms with Gasteiger partial charge in [-0.15, -0.1) is 0 Å². The Morgan fingerprint density at radius 2 is 1.96 bits per heavy atom. The van der Waals surface area contributed by atoms with Gasteiger partial charge < -0.3 is 14.5 Å². The monoisotopic (exact) mass is 332 g/mol. The molecule has 1 spiro atoms. The number of fused-ring (bicyclic) bond motifs is 2. The van der Waals surface area contributed by atoms with Crippen molar-refractivity contribution in [2.75, 3.05) is 31.2 Å². The fourth-order valence-electron chi connectivity index (χ4n) is 4.40. The van der Waals surface area contributed by atoms with Gasteiger partial charge >= 0.3 is 0 Å². The predicted octanol–water partition coefficient (Wildman–Crippen LogP) is 3.81. The Labute approximate surface area is 143 Å². The van der Waals surface area contributed by atoms with Gasteiger partial charge in [0.15, 0.2) is 0 Å². The molecular weight excluding hydrogens is 308 g/mol. The van der Waals surface area contributed by atoms with Gasteiger partial charge in [-0.05, 0) is 63.5 Å². The van der Waals surface area contributed by atoms with Crippen LogP contribution in [0.2, 0.25) is 5.02 Å². The lowest BCUT2D eigenvalue weighted by atomic mass is 9.72. The zero-order chi connectivity index (χ0) is 16.2. The SMILES string of the molecule is C=C1N(C2COC2)c2ccc(Cl)cc2C12CCN(C(C)C)CC2. The van der Waals surface area contributed by atoms with Crippen molar-refractivity contribution in [2.24, 2.45) is 0 Å². The van der Waals surface area contributed by atoms with Crippen molar-refractivity contribution in [1.82, 2.24) is 4.90 Å². The average molecular weight is 333 g/mol. The molecule has 1 aromatic carbocycles. The van der Waals surface area contributed by atoms with E-state index >= 15 is 0 Å². The topological polar surface area (TPSA) is 15.7 Å².